The third-order valence-electron chi connectivity index (χ3n) is 4.56. The minimum atomic E-state index is -0.732. The first kappa shape index (κ1) is 16.3. The number of Topliss-reactive ketones (excluding diaryl/α,β-unsaturated/α-hetero) is 1. The highest BCUT2D eigenvalue weighted by molar-refractivity contribution is 6.02. The Balaban J connectivity index is 1.75. The summed E-state index contributed by atoms with van der Waals surface area (Å²) in [7, 11) is 0. The van der Waals surface area contributed by atoms with E-state index in [9.17, 15) is 20.1 Å². The molecule has 1 atom stereocenters. The molecule has 2 aromatic rings. The van der Waals surface area contributed by atoms with Crippen molar-refractivity contribution in [3.8, 4) is 28.7 Å². The summed E-state index contributed by atoms with van der Waals surface area (Å²) in [5, 5.41) is 30.2. The Morgan fingerprint density at radius 3 is 2.65 bits per heavy atom. The van der Waals surface area contributed by atoms with Gasteiger partial charge in [0.2, 0.25) is 0 Å². The lowest BCUT2D eigenvalue weighted by atomic mass is 9.92. The average Bonchev–Trinajstić information content (AvgIpc) is 2.52. The highest BCUT2D eigenvalue weighted by Crippen LogP contribution is 2.46. The van der Waals surface area contributed by atoms with E-state index in [0.29, 0.717) is 16.9 Å². The molecule has 0 saturated carbocycles. The molecular weight excluding hydrogens is 336 g/mol. The van der Waals surface area contributed by atoms with Crippen LogP contribution >= 0.6 is 0 Å². The number of benzene rings is 2. The highest BCUT2D eigenvalue weighted by Gasteiger charge is 2.34. The Morgan fingerprint density at radius 1 is 1.12 bits per heavy atom. The minimum Gasteiger partial charge on any atom is -0.508 e. The van der Waals surface area contributed by atoms with Crippen LogP contribution in [0.2, 0.25) is 0 Å². The average molecular weight is 354 g/mol. The van der Waals surface area contributed by atoms with Crippen molar-refractivity contribution in [1.82, 2.24) is 0 Å². The molecule has 0 radical (unpaired) electrons. The third kappa shape index (κ3) is 2.54. The maximum absolute atomic E-state index is 12.4. The van der Waals surface area contributed by atoms with Gasteiger partial charge < -0.3 is 24.8 Å². The van der Waals surface area contributed by atoms with E-state index in [4.69, 9.17) is 9.47 Å². The lowest BCUT2D eigenvalue weighted by molar-refractivity contribution is 0.0842. The van der Waals surface area contributed by atoms with Crippen LogP contribution < -0.4 is 9.47 Å². The monoisotopic (exact) mass is 354 g/mol. The van der Waals surface area contributed by atoms with Crippen LogP contribution in [0.1, 0.15) is 47.9 Å². The smallest absolute Gasteiger partial charge is 0.174 e. The van der Waals surface area contributed by atoms with E-state index >= 15 is 0 Å². The standard InChI is InChI=1S/C20H18O6/c1-20(2)6-5-12-15(26-20)4-3-11(19(12)24)16-9-14(23)18-13(22)7-10(21)8-17(18)25-16/h3-8,16,21-22,24H,9H2,1-2H3. The number of rotatable bonds is 1. The molecule has 0 bridgehead atoms. The van der Waals surface area contributed by atoms with Crippen molar-refractivity contribution in [1.29, 1.82) is 0 Å². The molecule has 0 spiro atoms. The Labute approximate surface area is 149 Å². The van der Waals surface area contributed by atoms with E-state index in [1.807, 2.05) is 19.9 Å². The van der Waals surface area contributed by atoms with E-state index in [-0.39, 0.29) is 40.8 Å². The van der Waals surface area contributed by atoms with Gasteiger partial charge in [0.05, 0.1) is 12.0 Å². The minimum absolute atomic E-state index is 0.0140. The molecule has 0 aliphatic carbocycles. The number of phenols is 3. The molecule has 2 heterocycles. The molecule has 6 nitrogen and oxygen atoms in total. The van der Waals surface area contributed by atoms with Gasteiger partial charge in [-0.25, -0.2) is 0 Å². The molecule has 0 fully saturated rings. The van der Waals surface area contributed by atoms with Gasteiger partial charge in [-0.3, -0.25) is 4.79 Å². The summed E-state index contributed by atoms with van der Waals surface area (Å²) in [6.45, 7) is 3.83. The highest BCUT2D eigenvalue weighted by atomic mass is 16.5. The van der Waals surface area contributed by atoms with Crippen molar-refractivity contribution in [2.45, 2.75) is 32.0 Å². The van der Waals surface area contributed by atoms with Crippen molar-refractivity contribution in [3.63, 3.8) is 0 Å². The molecule has 2 aliphatic rings. The summed E-state index contributed by atoms with van der Waals surface area (Å²) in [4.78, 5) is 12.4. The fraction of sp³-hybridized carbons (Fsp3) is 0.250. The number of phenolic OH excluding ortho intramolecular Hbond substituents is 3. The number of ether oxygens (including phenoxy) is 2. The largest absolute Gasteiger partial charge is 0.508 e. The van der Waals surface area contributed by atoms with Crippen LogP contribution in [-0.2, 0) is 0 Å². The fourth-order valence-electron chi connectivity index (χ4n) is 3.32. The van der Waals surface area contributed by atoms with Crippen LogP contribution in [0.25, 0.3) is 6.08 Å². The second-order valence-electron chi connectivity index (χ2n) is 7.03. The van der Waals surface area contributed by atoms with Gasteiger partial charge in [0.25, 0.3) is 0 Å². The van der Waals surface area contributed by atoms with Crippen LogP contribution in [0, 0.1) is 0 Å². The first-order valence-electron chi connectivity index (χ1n) is 8.25. The van der Waals surface area contributed by atoms with E-state index in [0.717, 1.165) is 6.07 Å². The zero-order chi connectivity index (χ0) is 18.6. The molecular formula is C20H18O6. The molecule has 1 unspecified atom stereocenters. The summed E-state index contributed by atoms with van der Waals surface area (Å²) in [5.74, 6) is -0.219. The number of carbonyl (C=O) groups excluding carboxylic acids is 1. The molecule has 4 rings (SSSR count). The van der Waals surface area contributed by atoms with Crippen LogP contribution in [0.15, 0.2) is 30.3 Å². The Bertz CT molecular complexity index is 957. The number of hydrogen-bond acceptors (Lipinski definition) is 6. The molecule has 26 heavy (non-hydrogen) atoms. The van der Waals surface area contributed by atoms with Crippen molar-refractivity contribution >= 4 is 11.9 Å². The third-order valence-corrected chi connectivity index (χ3v) is 4.56. The van der Waals surface area contributed by atoms with Crippen molar-refractivity contribution in [2.24, 2.45) is 0 Å². The Morgan fingerprint density at radius 2 is 1.88 bits per heavy atom. The molecule has 6 heteroatoms. The first-order chi connectivity index (χ1) is 12.2. The molecule has 3 N–H and O–H groups in total. The van der Waals surface area contributed by atoms with Gasteiger partial charge in [-0.2, -0.15) is 0 Å². The predicted molar refractivity (Wildman–Crippen MR) is 93.9 cm³/mol. The van der Waals surface area contributed by atoms with Crippen LogP contribution in [0.5, 0.6) is 28.7 Å². The molecule has 2 aromatic carbocycles. The molecule has 0 aromatic heterocycles. The van der Waals surface area contributed by atoms with E-state index in [2.05, 4.69) is 0 Å². The number of ketones is 1. The lowest BCUT2D eigenvalue weighted by Gasteiger charge is -2.30. The summed E-state index contributed by atoms with van der Waals surface area (Å²) in [5.41, 5.74) is 0.550. The predicted octanol–water partition coefficient (Wildman–Crippen LogP) is 3.69. The van der Waals surface area contributed by atoms with E-state index in [1.54, 1.807) is 18.2 Å². The van der Waals surface area contributed by atoms with Crippen LogP contribution in [0.4, 0.5) is 0 Å². The lowest BCUT2D eigenvalue weighted by Crippen LogP contribution is -2.27. The van der Waals surface area contributed by atoms with Gasteiger partial charge in [-0.15, -0.1) is 0 Å². The van der Waals surface area contributed by atoms with Crippen LogP contribution in [0.3, 0.4) is 0 Å². The molecule has 0 amide bonds. The fourth-order valence-corrected chi connectivity index (χ4v) is 3.32. The zero-order valence-corrected chi connectivity index (χ0v) is 14.3. The number of hydrogen-bond donors (Lipinski definition) is 3. The summed E-state index contributed by atoms with van der Waals surface area (Å²) >= 11 is 0. The summed E-state index contributed by atoms with van der Waals surface area (Å²) in [6, 6.07) is 5.77. The van der Waals surface area contributed by atoms with E-state index < -0.39 is 11.7 Å². The van der Waals surface area contributed by atoms with Gasteiger partial charge >= 0.3 is 0 Å². The van der Waals surface area contributed by atoms with Gasteiger partial charge in [0.15, 0.2) is 5.78 Å². The van der Waals surface area contributed by atoms with Crippen molar-refractivity contribution < 1.29 is 29.6 Å². The number of fused-ring (bicyclic) bond motifs is 2. The van der Waals surface area contributed by atoms with Crippen molar-refractivity contribution in [3.05, 3.63) is 47.0 Å². The zero-order valence-electron chi connectivity index (χ0n) is 14.3. The number of aromatic hydroxyl groups is 3. The van der Waals surface area contributed by atoms with Gasteiger partial charge in [-0.1, -0.05) is 0 Å². The SMILES string of the molecule is CC1(C)C=Cc2c(ccc(C3CC(=O)c4c(O)cc(O)cc4O3)c2O)O1. The molecule has 2 aliphatic heterocycles. The van der Waals surface area contributed by atoms with E-state index in [1.165, 1.54) is 6.07 Å². The second-order valence-corrected chi connectivity index (χ2v) is 7.03. The maximum Gasteiger partial charge on any atom is 0.174 e. The topological polar surface area (TPSA) is 96.2 Å². The first-order valence-corrected chi connectivity index (χ1v) is 8.25. The summed E-state index contributed by atoms with van der Waals surface area (Å²) < 4.78 is 11.6. The Kier molecular flexibility index (Phi) is 3.41. The van der Waals surface area contributed by atoms with Gasteiger partial charge in [-0.05, 0) is 38.1 Å². The van der Waals surface area contributed by atoms with Crippen LogP contribution in [-0.4, -0.2) is 26.7 Å². The van der Waals surface area contributed by atoms with Gasteiger partial charge in [0.1, 0.15) is 46.0 Å². The Hall–Kier alpha value is -3.15. The molecule has 134 valence electrons. The normalized spacial score (nSPS) is 19.9. The maximum atomic E-state index is 12.4. The second kappa shape index (κ2) is 5.42. The number of carbonyl (C=O) groups is 1. The van der Waals surface area contributed by atoms with Crippen molar-refractivity contribution in [2.75, 3.05) is 0 Å². The van der Waals surface area contributed by atoms with Gasteiger partial charge in [0, 0.05) is 17.7 Å². The quantitative estimate of drug-likeness (QED) is 0.723. The summed E-state index contributed by atoms with van der Waals surface area (Å²) in [6.07, 6.45) is 2.86. The molecule has 0 saturated heterocycles.